The van der Waals surface area contributed by atoms with Crippen molar-refractivity contribution in [3.8, 4) is 11.1 Å². The quantitative estimate of drug-likeness (QED) is 0.420. The average Bonchev–Trinajstić information content (AvgIpc) is 2.59. The minimum atomic E-state index is -1.62. The van der Waals surface area contributed by atoms with Crippen LogP contribution in [0, 0.1) is 23.4 Å². The van der Waals surface area contributed by atoms with Gasteiger partial charge in [0.1, 0.15) is 0 Å². The van der Waals surface area contributed by atoms with E-state index in [2.05, 4.69) is 0 Å². The zero-order valence-electron chi connectivity index (χ0n) is 13.4. The molecule has 0 unspecified atom stereocenters. The maximum absolute atomic E-state index is 13.3. The molecule has 132 valence electrons. The van der Waals surface area contributed by atoms with Gasteiger partial charge in [-0.3, -0.25) is 0 Å². The summed E-state index contributed by atoms with van der Waals surface area (Å²) in [4.78, 5) is 0. The molecule has 5 heteroatoms. The Labute approximate surface area is 143 Å². The summed E-state index contributed by atoms with van der Waals surface area (Å²) in [6.45, 7) is 0. The highest BCUT2D eigenvalue weighted by molar-refractivity contribution is 5.64. The van der Waals surface area contributed by atoms with Crippen LogP contribution in [0.15, 0.2) is 48.6 Å². The average molecular weight is 352 g/mol. The standard InChI is InChI=1S/C20H17F5/c21-17-10-16(11-18(22)20(17)25)15-7-5-14(6-8-15)13-3-1-12(2-4-13)9-19(23)24/h5-13H,1-4H2/t12-,13-. The van der Waals surface area contributed by atoms with E-state index in [0.717, 1.165) is 49.5 Å². The molecule has 3 rings (SSSR count). The normalized spacial score (nSPS) is 20.4. The monoisotopic (exact) mass is 352 g/mol. The van der Waals surface area contributed by atoms with E-state index >= 15 is 0 Å². The summed E-state index contributed by atoms with van der Waals surface area (Å²) < 4.78 is 64.4. The molecule has 0 amide bonds. The minimum absolute atomic E-state index is 0.0642. The zero-order chi connectivity index (χ0) is 18.0. The van der Waals surface area contributed by atoms with E-state index in [9.17, 15) is 22.0 Å². The first-order chi connectivity index (χ1) is 11.9. The third-order valence-electron chi connectivity index (χ3n) is 4.83. The molecule has 2 aromatic carbocycles. The molecule has 0 aromatic heterocycles. The zero-order valence-corrected chi connectivity index (χ0v) is 13.4. The summed E-state index contributed by atoms with van der Waals surface area (Å²) in [7, 11) is 0. The van der Waals surface area contributed by atoms with Gasteiger partial charge in [-0.2, -0.15) is 8.78 Å². The molecule has 0 bridgehead atoms. The van der Waals surface area contributed by atoms with Crippen LogP contribution in [0.2, 0.25) is 0 Å². The van der Waals surface area contributed by atoms with Gasteiger partial charge in [0.15, 0.2) is 17.5 Å². The summed E-state index contributed by atoms with van der Waals surface area (Å²) in [5, 5.41) is 0. The number of halogens is 5. The van der Waals surface area contributed by atoms with Crippen molar-refractivity contribution in [3.63, 3.8) is 0 Å². The lowest BCUT2D eigenvalue weighted by atomic mass is 9.78. The summed E-state index contributed by atoms with van der Waals surface area (Å²) in [5.74, 6) is -3.68. The van der Waals surface area contributed by atoms with E-state index in [-0.39, 0.29) is 11.5 Å². The van der Waals surface area contributed by atoms with Crippen LogP contribution in [-0.4, -0.2) is 0 Å². The van der Waals surface area contributed by atoms with Gasteiger partial charge in [-0.15, -0.1) is 0 Å². The molecule has 0 nitrogen and oxygen atoms in total. The fourth-order valence-corrected chi connectivity index (χ4v) is 3.47. The maximum atomic E-state index is 13.3. The molecule has 0 saturated heterocycles. The Morgan fingerprint density at radius 1 is 0.800 bits per heavy atom. The minimum Gasteiger partial charge on any atom is -0.204 e. The molecule has 0 heterocycles. The van der Waals surface area contributed by atoms with Gasteiger partial charge in [-0.25, -0.2) is 13.2 Å². The molecule has 0 radical (unpaired) electrons. The summed E-state index contributed by atoms with van der Waals surface area (Å²) in [6, 6.07) is 9.19. The largest absolute Gasteiger partial charge is 0.266 e. The van der Waals surface area contributed by atoms with E-state index in [1.54, 1.807) is 12.1 Å². The number of rotatable bonds is 3. The Morgan fingerprint density at radius 3 is 1.88 bits per heavy atom. The van der Waals surface area contributed by atoms with Gasteiger partial charge in [0.2, 0.25) is 0 Å². The van der Waals surface area contributed by atoms with Gasteiger partial charge in [-0.05, 0) is 72.4 Å². The summed E-state index contributed by atoms with van der Waals surface area (Å²) >= 11 is 0. The Kier molecular flexibility index (Phi) is 5.21. The molecule has 2 aromatic rings. The Balaban J connectivity index is 1.72. The van der Waals surface area contributed by atoms with Crippen molar-refractivity contribution in [2.45, 2.75) is 31.6 Å². The van der Waals surface area contributed by atoms with E-state index in [0.29, 0.717) is 11.5 Å². The first kappa shape index (κ1) is 17.6. The molecule has 0 N–H and O–H groups in total. The van der Waals surface area contributed by atoms with Crippen LogP contribution in [-0.2, 0) is 0 Å². The van der Waals surface area contributed by atoms with Crippen molar-refractivity contribution < 1.29 is 22.0 Å². The lowest BCUT2D eigenvalue weighted by Crippen LogP contribution is -2.11. The predicted octanol–water partition coefficient (Wildman–Crippen LogP) is 6.83. The van der Waals surface area contributed by atoms with Crippen molar-refractivity contribution in [2.75, 3.05) is 0 Å². The topological polar surface area (TPSA) is 0 Å². The second kappa shape index (κ2) is 7.38. The summed E-state index contributed by atoms with van der Waals surface area (Å²) in [5.41, 5.74) is 1.95. The molecule has 1 aliphatic rings. The number of hydrogen-bond acceptors (Lipinski definition) is 0. The first-order valence-corrected chi connectivity index (χ1v) is 8.21. The van der Waals surface area contributed by atoms with Gasteiger partial charge in [-0.1, -0.05) is 24.3 Å². The van der Waals surface area contributed by atoms with Gasteiger partial charge >= 0.3 is 0 Å². The van der Waals surface area contributed by atoms with Crippen LogP contribution in [0.4, 0.5) is 22.0 Å². The second-order valence-electron chi connectivity index (χ2n) is 6.44. The van der Waals surface area contributed by atoms with E-state index < -0.39 is 23.5 Å². The molecule has 0 aliphatic heterocycles. The molecule has 0 spiro atoms. The molecular formula is C20H17F5. The Bertz CT molecular complexity index is 744. The number of benzene rings is 2. The molecule has 1 saturated carbocycles. The van der Waals surface area contributed by atoms with E-state index in [1.807, 2.05) is 12.1 Å². The van der Waals surface area contributed by atoms with Crippen molar-refractivity contribution in [1.29, 1.82) is 0 Å². The van der Waals surface area contributed by atoms with Crippen LogP contribution in [0.1, 0.15) is 37.2 Å². The fourth-order valence-electron chi connectivity index (χ4n) is 3.47. The Hall–Kier alpha value is -2.17. The van der Waals surface area contributed by atoms with Crippen LogP contribution >= 0.6 is 0 Å². The van der Waals surface area contributed by atoms with Crippen molar-refractivity contribution in [2.24, 2.45) is 5.92 Å². The van der Waals surface area contributed by atoms with Crippen molar-refractivity contribution in [3.05, 3.63) is 71.6 Å². The Morgan fingerprint density at radius 2 is 1.36 bits per heavy atom. The highest BCUT2D eigenvalue weighted by Crippen LogP contribution is 2.37. The molecule has 1 aliphatic carbocycles. The smallest absolute Gasteiger partial charge is 0.204 e. The highest BCUT2D eigenvalue weighted by atomic mass is 19.3. The SMILES string of the molecule is FC(F)=C[C@H]1CC[C@H](c2ccc(-c3cc(F)c(F)c(F)c3)cc2)CC1. The van der Waals surface area contributed by atoms with E-state index in [1.165, 1.54) is 0 Å². The van der Waals surface area contributed by atoms with Gasteiger partial charge in [0.25, 0.3) is 6.08 Å². The van der Waals surface area contributed by atoms with Crippen molar-refractivity contribution >= 4 is 0 Å². The highest BCUT2D eigenvalue weighted by Gasteiger charge is 2.22. The third kappa shape index (κ3) is 4.09. The fraction of sp³-hybridized carbons (Fsp3) is 0.300. The van der Waals surface area contributed by atoms with Gasteiger partial charge in [0.05, 0.1) is 0 Å². The van der Waals surface area contributed by atoms with Crippen LogP contribution < -0.4 is 0 Å². The first-order valence-electron chi connectivity index (χ1n) is 8.21. The maximum Gasteiger partial charge on any atom is 0.266 e. The second-order valence-corrected chi connectivity index (χ2v) is 6.44. The summed E-state index contributed by atoms with van der Waals surface area (Å²) in [6.07, 6.45) is 2.51. The molecular weight excluding hydrogens is 335 g/mol. The molecule has 0 atom stereocenters. The van der Waals surface area contributed by atoms with E-state index in [4.69, 9.17) is 0 Å². The van der Waals surface area contributed by atoms with Crippen molar-refractivity contribution in [1.82, 2.24) is 0 Å². The molecule has 1 fully saturated rings. The lowest BCUT2D eigenvalue weighted by Gasteiger charge is -2.27. The molecule has 25 heavy (non-hydrogen) atoms. The van der Waals surface area contributed by atoms with Crippen LogP contribution in [0.3, 0.4) is 0 Å². The van der Waals surface area contributed by atoms with Crippen LogP contribution in [0.5, 0.6) is 0 Å². The third-order valence-corrected chi connectivity index (χ3v) is 4.83. The van der Waals surface area contributed by atoms with Gasteiger partial charge in [0, 0.05) is 0 Å². The number of allylic oxidation sites excluding steroid dienone is 1. The van der Waals surface area contributed by atoms with Crippen LogP contribution in [0.25, 0.3) is 11.1 Å². The number of hydrogen-bond donors (Lipinski definition) is 0. The lowest BCUT2D eigenvalue weighted by molar-refractivity contribution is 0.351. The predicted molar refractivity (Wildman–Crippen MR) is 86.8 cm³/mol. The van der Waals surface area contributed by atoms with Gasteiger partial charge < -0.3 is 0 Å².